The first-order valence-corrected chi connectivity index (χ1v) is 11.4. The van der Waals surface area contributed by atoms with Crippen LogP contribution in [-0.2, 0) is 21.3 Å². The Morgan fingerprint density at radius 3 is 2.38 bits per heavy atom. The SMILES string of the molecule is CN=C(NCCCOC1CCCCC1)NCc1ccc(S(=O)(=O)N(C)C)cc1.I. The monoisotopic (exact) mass is 538 g/mol. The van der Waals surface area contributed by atoms with E-state index in [-0.39, 0.29) is 24.0 Å². The van der Waals surface area contributed by atoms with Crippen LogP contribution < -0.4 is 10.6 Å². The first kappa shape index (κ1) is 26.1. The second kappa shape index (κ2) is 13.4. The van der Waals surface area contributed by atoms with E-state index in [0.717, 1.165) is 31.1 Å². The molecule has 1 aromatic rings. The lowest BCUT2D eigenvalue weighted by molar-refractivity contribution is 0.0277. The number of halogens is 1. The minimum absolute atomic E-state index is 0. The number of guanidine groups is 1. The molecule has 7 nitrogen and oxygen atoms in total. The molecule has 1 aromatic carbocycles. The fourth-order valence-electron chi connectivity index (χ4n) is 3.16. The third-order valence-electron chi connectivity index (χ3n) is 4.90. The molecular formula is C20H35IN4O3S. The minimum Gasteiger partial charge on any atom is -0.378 e. The molecule has 2 rings (SSSR count). The Morgan fingerprint density at radius 2 is 1.79 bits per heavy atom. The van der Waals surface area contributed by atoms with Crippen LogP contribution in [0, 0.1) is 0 Å². The van der Waals surface area contributed by atoms with E-state index in [1.54, 1.807) is 19.2 Å². The predicted octanol–water partition coefficient (Wildman–Crippen LogP) is 2.96. The van der Waals surface area contributed by atoms with E-state index in [2.05, 4.69) is 15.6 Å². The molecule has 2 N–H and O–H groups in total. The van der Waals surface area contributed by atoms with Crippen LogP contribution in [0.1, 0.15) is 44.1 Å². The van der Waals surface area contributed by atoms with Gasteiger partial charge in [0.05, 0.1) is 11.0 Å². The summed E-state index contributed by atoms with van der Waals surface area (Å²) in [5, 5.41) is 6.53. The van der Waals surface area contributed by atoms with Crippen molar-refractivity contribution in [2.24, 2.45) is 4.99 Å². The molecule has 0 amide bonds. The lowest BCUT2D eigenvalue weighted by Gasteiger charge is -2.22. The smallest absolute Gasteiger partial charge is 0.242 e. The van der Waals surface area contributed by atoms with Crippen molar-refractivity contribution in [2.45, 2.75) is 56.1 Å². The van der Waals surface area contributed by atoms with Gasteiger partial charge < -0.3 is 15.4 Å². The molecule has 0 bridgehead atoms. The maximum Gasteiger partial charge on any atom is 0.242 e. The van der Waals surface area contributed by atoms with Crippen LogP contribution in [0.4, 0.5) is 0 Å². The summed E-state index contributed by atoms with van der Waals surface area (Å²) in [5.74, 6) is 0.725. The topological polar surface area (TPSA) is 83.0 Å². The van der Waals surface area contributed by atoms with Crippen molar-refractivity contribution in [3.8, 4) is 0 Å². The van der Waals surface area contributed by atoms with Crippen LogP contribution in [0.5, 0.6) is 0 Å². The zero-order chi connectivity index (χ0) is 20.4. The summed E-state index contributed by atoms with van der Waals surface area (Å²) in [4.78, 5) is 4.51. The lowest BCUT2D eigenvalue weighted by atomic mass is 9.98. The standard InChI is InChI=1S/C20H34N4O3S.HI/c1-21-20(22-14-7-15-27-18-8-5-4-6-9-18)23-16-17-10-12-19(13-11-17)28(25,26)24(2)3;/h10-13,18H,4-9,14-16H2,1-3H3,(H2,21,22,23);1H. The number of hydrogen-bond donors (Lipinski definition) is 2. The fraction of sp³-hybridized carbons (Fsp3) is 0.650. The van der Waals surface area contributed by atoms with Crippen molar-refractivity contribution in [2.75, 3.05) is 34.3 Å². The Hall–Kier alpha value is -0.910. The van der Waals surface area contributed by atoms with Gasteiger partial charge in [-0.25, -0.2) is 12.7 Å². The highest BCUT2D eigenvalue weighted by atomic mass is 127. The number of nitrogens with one attached hydrogen (secondary N) is 2. The van der Waals surface area contributed by atoms with E-state index in [0.29, 0.717) is 17.5 Å². The molecule has 9 heteroatoms. The van der Waals surface area contributed by atoms with Crippen molar-refractivity contribution in [1.29, 1.82) is 0 Å². The van der Waals surface area contributed by atoms with Gasteiger partial charge in [-0.1, -0.05) is 31.4 Å². The number of sulfonamides is 1. The molecule has 0 radical (unpaired) electrons. The van der Waals surface area contributed by atoms with Crippen LogP contribution >= 0.6 is 24.0 Å². The van der Waals surface area contributed by atoms with Crippen molar-refractivity contribution in [3.63, 3.8) is 0 Å². The summed E-state index contributed by atoms with van der Waals surface area (Å²) >= 11 is 0. The highest BCUT2D eigenvalue weighted by Gasteiger charge is 2.16. The van der Waals surface area contributed by atoms with Crippen LogP contribution in [0.3, 0.4) is 0 Å². The summed E-state index contributed by atoms with van der Waals surface area (Å²) in [5.41, 5.74) is 0.987. The van der Waals surface area contributed by atoms with E-state index in [1.807, 2.05) is 12.1 Å². The van der Waals surface area contributed by atoms with E-state index >= 15 is 0 Å². The predicted molar refractivity (Wildman–Crippen MR) is 128 cm³/mol. The number of benzene rings is 1. The average molecular weight is 538 g/mol. The fourth-order valence-corrected chi connectivity index (χ4v) is 4.06. The largest absolute Gasteiger partial charge is 0.378 e. The molecule has 0 unspecified atom stereocenters. The van der Waals surface area contributed by atoms with Gasteiger partial charge in [0.2, 0.25) is 10.0 Å². The second-order valence-corrected chi connectivity index (χ2v) is 9.42. The molecule has 1 aliphatic rings. The molecule has 0 atom stereocenters. The molecule has 0 spiro atoms. The highest BCUT2D eigenvalue weighted by molar-refractivity contribution is 14.0. The number of hydrogen-bond acceptors (Lipinski definition) is 4. The van der Waals surface area contributed by atoms with Gasteiger partial charge >= 0.3 is 0 Å². The zero-order valence-electron chi connectivity index (χ0n) is 17.7. The van der Waals surface area contributed by atoms with E-state index in [4.69, 9.17) is 4.74 Å². The van der Waals surface area contributed by atoms with Crippen molar-refractivity contribution in [1.82, 2.24) is 14.9 Å². The average Bonchev–Trinajstić information content (AvgIpc) is 2.71. The van der Waals surface area contributed by atoms with Gasteiger partial charge in [-0.2, -0.15) is 0 Å². The maximum absolute atomic E-state index is 12.1. The summed E-state index contributed by atoms with van der Waals surface area (Å²) < 4.78 is 31.3. The van der Waals surface area contributed by atoms with Gasteiger partial charge in [0.15, 0.2) is 5.96 Å². The van der Waals surface area contributed by atoms with Crippen LogP contribution in [-0.4, -0.2) is 59.1 Å². The normalized spacial score (nSPS) is 15.8. The van der Waals surface area contributed by atoms with Crippen LogP contribution in [0.2, 0.25) is 0 Å². The van der Waals surface area contributed by atoms with Gasteiger partial charge in [0.1, 0.15) is 0 Å². The number of rotatable bonds is 9. The van der Waals surface area contributed by atoms with Gasteiger partial charge in [-0.3, -0.25) is 4.99 Å². The van der Waals surface area contributed by atoms with Gasteiger partial charge in [0, 0.05) is 40.8 Å². The molecule has 0 heterocycles. The molecule has 0 aromatic heterocycles. The molecule has 0 aliphatic heterocycles. The molecule has 166 valence electrons. The quantitative estimate of drug-likeness (QED) is 0.219. The van der Waals surface area contributed by atoms with E-state index in [9.17, 15) is 8.42 Å². The molecule has 29 heavy (non-hydrogen) atoms. The van der Waals surface area contributed by atoms with Gasteiger partial charge in [0.25, 0.3) is 0 Å². The first-order chi connectivity index (χ1) is 13.4. The van der Waals surface area contributed by atoms with Crippen molar-refractivity contribution >= 4 is 40.0 Å². The van der Waals surface area contributed by atoms with Crippen molar-refractivity contribution in [3.05, 3.63) is 29.8 Å². The molecular weight excluding hydrogens is 503 g/mol. The summed E-state index contributed by atoms with van der Waals surface area (Å²) in [6.07, 6.45) is 7.72. The number of nitrogens with zero attached hydrogens (tertiary/aromatic N) is 2. The maximum atomic E-state index is 12.1. The molecule has 0 saturated heterocycles. The van der Waals surface area contributed by atoms with Gasteiger partial charge in [-0.05, 0) is 37.0 Å². The highest BCUT2D eigenvalue weighted by Crippen LogP contribution is 2.20. The van der Waals surface area contributed by atoms with Crippen LogP contribution in [0.25, 0.3) is 0 Å². The second-order valence-electron chi connectivity index (χ2n) is 7.27. The van der Waals surface area contributed by atoms with Crippen molar-refractivity contribution < 1.29 is 13.2 Å². The molecule has 1 aliphatic carbocycles. The Bertz CT molecular complexity index is 718. The number of ether oxygens (including phenoxy) is 1. The number of aliphatic imine (C=N–C) groups is 1. The van der Waals surface area contributed by atoms with E-state index in [1.165, 1.54) is 50.5 Å². The lowest BCUT2D eigenvalue weighted by Crippen LogP contribution is -2.37. The molecule has 1 saturated carbocycles. The Morgan fingerprint density at radius 1 is 1.14 bits per heavy atom. The summed E-state index contributed by atoms with van der Waals surface area (Å²) in [6, 6.07) is 6.89. The zero-order valence-corrected chi connectivity index (χ0v) is 20.8. The van der Waals surface area contributed by atoms with Crippen LogP contribution in [0.15, 0.2) is 34.2 Å². The Kier molecular flexibility index (Phi) is 12.1. The van der Waals surface area contributed by atoms with Gasteiger partial charge in [-0.15, -0.1) is 24.0 Å². The Labute approximate surface area is 192 Å². The third kappa shape index (κ3) is 8.77. The third-order valence-corrected chi connectivity index (χ3v) is 6.73. The minimum atomic E-state index is -3.39. The first-order valence-electron chi connectivity index (χ1n) is 10.0. The Balaban J connectivity index is 0.00000420. The van der Waals surface area contributed by atoms with E-state index < -0.39 is 10.0 Å². The summed E-state index contributed by atoms with van der Waals surface area (Å²) in [6.45, 7) is 2.14. The summed E-state index contributed by atoms with van der Waals surface area (Å²) in [7, 11) is 1.40. The molecule has 1 fully saturated rings.